The summed E-state index contributed by atoms with van der Waals surface area (Å²) in [4.78, 5) is 0.386. The van der Waals surface area contributed by atoms with Gasteiger partial charge in [-0.1, -0.05) is 0 Å². The predicted molar refractivity (Wildman–Crippen MR) is 48.5 cm³/mol. The standard InChI is InChI=1S/C7H9N3O3S/c1-12-5-3-10-7(13-4-5)6(2-9-10)14(8)11/h2,4H,3,8H2,1H3. The van der Waals surface area contributed by atoms with Crippen molar-refractivity contribution in [2.45, 2.75) is 11.4 Å². The monoisotopic (exact) mass is 215 g/mol. The van der Waals surface area contributed by atoms with Crippen molar-refractivity contribution in [2.24, 2.45) is 5.14 Å². The average molecular weight is 215 g/mol. The van der Waals surface area contributed by atoms with Gasteiger partial charge >= 0.3 is 0 Å². The highest BCUT2D eigenvalue weighted by Crippen LogP contribution is 2.25. The average Bonchev–Trinajstić information content (AvgIpc) is 2.59. The third kappa shape index (κ3) is 1.40. The zero-order valence-corrected chi connectivity index (χ0v) is 8.28. The van der Waals surface area contributed by atoms with Gasteiger partial charge in [-0.25, -0.2) is 14.0 Å². The molecular formula is C7H9N3O3S. The van der Waals surface area contributed by atoms with Gasteiger partial charge in [-0.2, -0.15) is 5.10 Å². The topological polar surface area (TPSA) is 79.4 Å². The van der Waals surface area contributed by atoms with Crippen LogP contribution in [0.1, 0.15) is 0 Å². The number of nitrogens with zero attached hydrogens (tertiary/aromatic N) is 2. The number of allylic oxidation sites excluding steroid dienone is 1. The number of ether oxygens (including phenoxy) is 2. The first-order valence-corrected chi connectivity index (χ1v) is 5.05. The largest absolute Gasteiger partial charge is 0.496 e. The van der Waals surface area contributed by atoms with Gasteiger partial charge in [-0.3, -0.25) is 0 Å². The van der Waals surface area contributed by atoms with Gasteiger partial charge in [0.25, 0.3) is 0 Å². The molecule has 0 saturated heterocycles. The van der Waals surface area contributed by atoms with Crippen molar-refractivity contribution in [3.8, 4) is 5.88 Å². The molecule has 2 rings (SSSR count). The molecule has 0 spiro atoms. The molecule has 6 nitrogen and oxygen atoms in total. The van der Waals surface area contributed by atoms with Crippen LogP contribution in [-0.4, -0.2) is 21.1 Å². The first-order chi connectivity index (χ1) is 6.72. The predicted octanol–water partition coefficient (Wildman–Crippen LogP) is -0.255. The molecule has 2 N–H and O–H groups in total. The minimum Gasteiger partial charge on any atom is -0.496 e. The Hall–Kier alpha value is -1.34. The molecule has 0 saturated carbocycles. The molecule has 2 heterocycles. The Balaban J connectivity index is 2.35. The normalized spacial score (nSPS) is 16.6. The van der Waals surface area contributed by atoms with Gasteiger partial charge in [-0.05, 0) is 0 Å². The molecule has 76 valence electrons. The molecule has 1 aliphatic heterocycles. The molecule has 1 aliphatic rings. The van der Waals surface area contributed by atoms with Crippen LogP contribution in [0.2, 0.25) is 0 Å². The number of methoxy groups -OCH3 is 1. The molecule has 1 atom stereocenters. The van der Waals surface area contributed by atoms with Gasteiger partial charge in [-0.15, -0.1) is 0 Å². The third-order valence-corrected chi connectivity index (χ3v) is 2.56. The molecule has 14 heavy (non-hydrogen) atoms. The van der Waals surface area contributed by atoms with Crippen molar-refractivity contribution < 1.29 is 13.7 Å². The lowest BCUT2D eigenvalue weighted by molar-refractivity contribution is 0.224. The highest BCUT2D eigenvalue weighted by Gasteiger charge is 2.20. The van der Waals surface area contributed by atoms with Crippen LogP contribution in [0, 0.1) is 0 Å². The number of fused-ring (bicyclic) bond motifs is 1. The van der Waals surface area contributed by atoms with Crippen LogP contribution >= 0.6 is 0 Å². The van der Waals surface area contributed by atoms with E-state index in [1.54, 1.807) is 11.8 Å². The molecule has 0 aliphatic carbocycles. The van der Waals surface area contributed by atoms with E-state index in [1.807, 2.05) is 0 Å². The molecule has 0 fully saturated rings. The summed E-state index contributed by atoms with van der Waals surface area (Å²) in [7, 11) is -0.0316. The molecule has 0 radical (unpaired) electrons. The summed E-state index contributed by atoms with van der Waals surface area (Å²) in [6.07, 6.45) is 2.88. The minimum atomic E-state index is -1.58. The Bertz CT molecular complexity index is 412. The highest BCUT2D eigenvalue weighted by atomic mass is 32.2. The quantitative estimate of drug-likeness (QED) is 0.737. The van der Waals surface area contributed by atoms with Crippen LogP contribution in [0.25, 0.3) is 0 Å². The summed E-state index contributed by atoms with van der Waals surface area (Å²) in [6.45, 7) is 0.461. The van der Waals surface area contributed by atoms with E-state index in [9.17, 15) is 4.21 Å². The second-order valence-electron chi connectivity index (χ2n) is 2.68. The molecular weight excluding hydrogens is 206 g/mol. The minimum absolute atomic E-state index is 0.386. The van der Waals surface area contributed by atoms with E-state index >= 15 is 0 Å². The summed E-state index contributed by atoms with van der Waals surface area (Å²) in [5, 5.41) is 9.21. The second kappa shape index (κ2) is 3.43. The van der Waals surface area contributed by atoms with Gasteiger partial charge < -0.3 is 9.47 Å². The number of hydrogen-bond donors (Lipinski definition) is 1. The first-order valence-electron chi connectivity index (χ1n) is 3.84. The van der Waals surface area contributed by atoms with E-state index in [-0.39, 0.29) is 0 Å². The van der Waals surface area contributed by atoms with Crippen molar-refractivity contribution in [3.05, 3.63) is 18.2 Å². The van der Waals surface area contributed by atoms with Gasteiger partial charge in [0, 0.05) is 0 Å². The van der Waals surface area contributed by atoms with E-state index in [4.69, 9.17) is 14.6 Å². The Morgan fingerprint density at radius 3 is 3.21 bits per heavy atom. The SMILES string of the molecule is COC1=COc2c(S(N)=O)cnn2C1. The maximum Gasteiger partial charge on any atom is 0.235 e. The van der Waals surface area contributed by atoms with Crippen LogP contribution in [0.5, 0.6) is 5.88 Å². The second-order valence-corrected chi connectivity index (χ2v) is 3.71. The fourth-order valence-electron chi connectivity index (χ4n) is 1.15. The summed E-state index contributed by atoms with van der Waals surface area (Å²) in [5.41, 5.74) is 0. The van der Waals surface area contributed by atoms with Gasteiger partial charge in [0.15, 0.2) is 5.76 Å². The van der Waals surface area contributed by atoms with Crippen LogP contribution in [0.3, 0.4) is 0 Å². The smallest absolute Gasteiger partial charge is 0.235 e. The van der Waals surface area contributed by atoms with E-state index < -0.39 is 11.0 Å². The van der Waals surface area contributed by atoms with Gasteiger partial charge in [0.05, 0.1) is 13.3 Å². The van der Waals surface area contributed by atoms with Crippen molar-refractivity contribution in [2.75, 3.05) is 7.11 Å². The molecule has 0 amide bonds. The maximum atomic E-state index is 11.0. The van der Waals surface area contributed by atoms with Crippen LogP contribution in [0.15, 0.2) is 23.1 Å². The summed E-state index contributed by atoms with van der Waals surface area (Å²) < 4.78 is 22.8. The van der Waals surface area contributed by atoms with Crippen molar-refractivity contribution >= 4 is 11.0 Å². The number of hydrogen-bond acceptors (Lipinski definition) is 4. The highest BCUT2D eigenvalue weighted by molar-refractivity contribution is 7.82. The lowest BCUT2D eigenvalue weighted by Gasteiger charge is -2.14. The van der Waals surface area contributed by atoms with E-state index in [2.05, 4.69) is 5.10 Å². The summed E-state index contributed by atoms with van der Waals surface area (Å²) in [5.74, 6) is 1.06. The Labute approximate surface area is 82.9 Å². The van der Waals surface area contributed by atoms with Gasteiger partial charge in [0.2, 0.25) is 5.88 Å². The Kier molecular flexibility index (Phi) is 2.26. The third-order valence-electron chi connectivity index (χ3n) is 1.85. The molecule has 1 unspecified atom stereocenters. The van der Waals surface area contributed by atoms with Crippen molar-refractivity contribution in [3.63, 3.8) is 0 Å². The molecule has 0 bridgehead atoms. The maximum absolute atomic E-state index is 11.0. The number of rotatable bonds is 2. The zero-order chi connectivity index (χ0) is 10.1. The lowest BCUT2D eigenvalue weighted by atomic mass is 10.5. The van der Waals surface area contributed by atoms with Crippen LogP contribution in [-0.2, 0) is 22.3 Å². The summed E-state index contributed by atoms with van der Waals surface area (Å²) >= 11 is 0. The van der Waals surface area contributed by atoms with Crippen molar-refractivity contribution in [1.29, 1.82) is 0 Å². The fourth-order valence-corrected chi connectivity index (χ4v) is 1.62. The zero-order valence-electron chi connectivity index (χ0n) is 7.47. The fraction of sp³-hybridized carbons (Fsp3) is 0.286. The molecule has 1 aromatic rings. The molecule has 0 aromatic carbocycles. The van der Waals surface area contributed by atoms with Crippen molar-refractivity contribution in [1.82, 2.24) is 9.78 Å². The first kappa shape index (κ1) is 9.22. The Morgan fingerprint density at radius 2 is 2.57 bits per heavy atom. The number of nitrogens with two attached hydrogens (primary N) is 1. The van der Waals surface area contributed by atoms with E-state index in [0.717, 1.165) is 0 Å². The molecule has 1 aromatic heterocycles. The van der Waals surface area contributed by atoms with E-state index in [0.29, 0.717) is 23.1 Å². The molecule has 7 heteroatoms. The van der Waals surface area contributed by atoms with Crippen LogP contribution < -0.4 is 9.88 Å². The summed E-state index contributed by atoms with van der Waals surface area (Å²) in [6, 6.07) is 0. The number of aromatic nitrogens is 2. The van der Waals surface area contributed by atoms with Crippen LogP contribution in [0.4, 0.5) is 0 Å². The van der Waals surface area contributed by atoms with E-state index in [1.165, 1.54) is 12.5 Å². The van der Waals surface area contributed by atoms with Gasteiger partial charge in [0.1, 0.15) is 28.7 Å². The Morgan fingerprint density at radius 1 is 1.79 bits per heavy atom. The lowest BCUT2D eigenvalue weighted by Crippen LogP contribution is -2.13.